The van der Waals surface area contributed by atoms with E-state index in [1.165, 1.54) is 6.20 Å². The van der Waals surface area contributed by atoms with E-state index in [2.05, 4.69) is 26.5 Å². The minimum atomic E-state index is -3.14. The largest absolute Gasteiger partial charge is 0.389 e. The summed E-state index contributed by atoms with van der Waals surface area (Å²) in [5, 5.41) is 26.8. The van der Waals surface area contributed by atoms with Crippen molar-refractivity contribution in [1.29, 1.82) is 5.26 Å². The van der Waals surface area contributed by atoms with Crippen molar-refractivity contribution in [1.82, 2.24) is 24.1 Å². The lowest BCUT2D eigenvalue weighted by Crippen LogP contribution is -2.43. The Kier molecular flexibility index (Phi) is 5.72. The number of nitrogens with zero attached hydrogens (tertiary/aromatic N) is 6. The van der Waals surface area contributed by atoms with E-state index >= 15 is 0 Å². The van der Waals surface area contributed by atoms with Gasteiger partial charge in [0.2, 0.25) is 16.0 Å². The van der Waals surface area contributed by atoms with Crippen LogP contribution in [0.1, 0.15) is 45.1 Å². The summed E-state index contributed by atoms with van der Waals surface area (Å²) in [6.07, 6.45) is 7.72. The molecule has 1 saturated heterocycles. The standard InChI is InChI=1S/C20H27N7O3S/c1-20(2,28)13-26-12-15(11-23-26)18-14(9-21)10-22-19(25-18)24-16-5-7-27(8-6-16)31(29,30)17-3-4-17/h10-12,16-17,28H,3-8,13H2,1-2H3,(H,22,24,25). The molecule has 0 aromatic carbocycles. The minimum Gasteiger partial charge on any atom is -0.389 e. The van der Waals surface area contributed by atoms with Gasteiger partial charge in [0.1, 0.15) is 6.07 Å². The van der Waals surface area contributed by atoms with Crippen molar-refractivity contribution in [2.75, 3.05) is 18.4 Å². The third-order valence-corrected chi connectivity index (χ3v) is 7.86. The zero-order valence-electron chi connectivity index (χ0n) is 17.7. The highest BCUT2D eigenvalue weighted by molar-refractivity contribution is 7.90. The Bertz CT molecular complexity index is 1090. The van der Waals surface area contributed by atoms with Gasteiger partial charge in [-0.1, -0.05) is 0 Å². The molecule has 2 aliphatic rings. The van der Waals surface area contributed by atoms with Gasteiger partial charge in [-0.3, -0.25) is 4.68 Å². The first kappa shape index (κ1) is 21.7. The van der Waals surface area contributed by atoms with Crippen LogP contribution in [-0.2, 0) is 16.6 Å². The lowest BCUT2D eigenvalue weighted by molar-refractivity contribution is 0.0577. The van der Waals surface area contributed by atoms with Gasteiger partial charge in [-0.2, -0.15) is 10.4 Å². The Labute approximate surface area is 182 Å². The van der Waals surface area contributed by atoms with Gasteiger partial charge in [-0.05, 0) is 39.5 Å². The van der Waals surface area contributed by atoms with Gasteiger partial charge in [0.25, 0.3) is 0 Å². The molecule has 0 bridgehead atoms. The number of rotatable bonds is 7. The summed E-state index contributed by atoms with van der Waals surface area (Å²) < 4.78 is 28.0. The molecular weight excluding hydrogens is 418 g/mol. The van der Waals surface area contributed by atoms with E-state index in [9.17, 15) is 18.8 Å². The van der Waals surface area contributed by atoms with Gasteiger partial charge in [-0.15, -0.1) is 0 Å². The molecule has 0 unspecified atom stereocenters. The molecule has 31 heavy (non-hydrogen) atoms. The first-order valence-electron chi connectivity index (χ1n) is 10.4. The molecule has 10 nitrogen and oxygen atoms in total. The van der Waals surface area contributed by atoms with Crippen LogP contribution in [0.2, 0.25) is 0 Å². The molecule has 0 spiro atoms. The van der Waals surface area contributed by atoms with E-state index in [0.29, 0.717) is 55.2 Å². The lowest BCUT2D eigenvalue weighted by Gasteiger charge is -2.31. The molecule has 2 fully saturated rings. The number of nitrogens with one attached hydrogen (secondary N) is 1. The zero-order chi connectivity index (χ0) is 22.2. The summed E-state index contributed by atoms with van der Waals surface area (Å²) >= 11 is 0. The van der Waals surface area contributed by atoms with E-state index in [0.717, 1.165) is 12.8 Å². The molecule has 2 aromatic heterocycles. The Morgan fingerprint density at radius 3 is 2.58 bits per heavy atom. The summed E-state index contributed by atoms with van der Waals surface area (Å²) in [4.78, 5) is 8.79. The van der Waals surface area contributed by atoms with E-state index < -0.39 is 15.6 Å². The smallest absolute Gasteiger partial charge is 0.223 e. The van der Waals surface area contributed by atoms with E-state index in [-0.39, 0.29) is 11.3 Å². The maximum Gasteiger partial charge on any atom is 0.223 e. The van der Waals surface area contributed by atoms with Gasteiger partial charge in [0.05, 0.1) is 41.0 Å². The van der Waals surface area contributed by atoms with Crippen LogP contribution in [0.3, 0.4) is 0 Å². The predicted octanol–water partition coefficient (Wildman–Crippen LogP) is 1.35. The number of aromatic nitrogens is 4. The maximum atomic E-state index is 12.4. The molecular formula is C20H27N7O3S. The van der Waals surface area contributed by atoms with E-state index in [1.54, 1.807) is 35.2 Å². The Morgan fingerprint density at radius 2 is 1.97 bits per heavy atom. The van der Waals surface area contributed by atoms with Crippen LogP contribution in [-0.4, -0.2) is 67.6 Å². The number of sulfonamides is 1. The monoisotopic (exact) mass is 445 g/mol. The number of hydrogen-bond acceptors (Lipinski definition) is 8. The average Bonchev–Trinajstić information content (AvgIpc) is 3.48. The van der Waals surface area contributed by atoms with Crippen LogP contribution in [0, 0.1) is 11.3 Å². The summed E-state index contributed by atoms with van der Waals surface area (Å²) in [7, 11) is -3.14. The molecule has 0 atom stereocenters. The minimum absolute atomic E-state index is 0.0596. The van der Waals surface area contributed by atoms with Crippen LogP contribution in [0.5, 0.6) is 0 Å². The van der Waals surface area contributed by atoms with Crippen LogP contribution >= 0.6 is 0 Å². The summed E-state index contributed by atoms with van der Waals surface area (Å²) in [6.45, 7) is 4.69. The zero-order valence-corrected chi connectivity index (χ0v) is 18.5. The fraction of sp³-hybridized carbons (Fsp3) is 0.600. The van der Waals surface area contributed by atoms with Crippen molar-refractivity contribution >= 4 is 16.0 Å². The predicted molar refractivity (Wildman–Crippen MR) is 114 cm³/mol. The third-order valence-electron chi connectivity index (χ3n) is 5.46. The van der Waals surface area contributed by atoms with Crippen molar-refractivity contribution in [3.8, 4) is 17.3 Å². The van der Waals surface area contributed by atoms with Crippen LogP contribution < -0.4 is 5.32 Å². The van der Waals surface area contributed by atoms with Gasteiger partial charge >= 0.3 is 0 Å². The molecule has 4 rings (SSSR count). The van der Waals surface area contributed by atoms with Crippen molar-refractivity contribution in [2.24, 2.45) is 0 Å². The summed E-state index contributed by atoms with van der Waals surface area (Å²) in [5.74, 6) is 0.396. The van der Waals surface area contributed by atoms with Gasteiger partial charge in [0.15, 0.2) is 0 Å². The molecule has 3 heterocycles. The Balaban J connectivity index is 1.45. The van der Waals surface area contributed by atoms with E-state index in [1.807, 2.05) is 0 Å². The van der Waals surface area contributed by atoms with Crippen molar-refractivity contribution < 1.29 is 13.5 Å². The van der Waals surface area contributed by atoms with Crippen molar-refractivity contribution in [3.05, 3.63) is 24.2 Å². The highest BCUT2D eigenvalue weighted by Gasteiger charge is 2.41. The molecule has 1 aliphatic carbocycles. The molecule has 0 amide bonds. The molecule has 2 aromatic rings. The topological polar surface area (TPSA) is 137 Å². The third kappa shape index (κ3) is 5.03. The SMILES string of the molecule is CC(C)(O)Cn1cc(-c2nc(NC3CCN(S(=O)(=O)C4CC4)CC3)ncc2C#N)cn1. The number of anilines is 1. The second kappa shape index (κ2) is 8.18. The quantitative estimate of drug-likeness (QED) is 0.651. The van der Waals surface area contributed by atoms with Crippen LogP contribution in [0.25, 0.3) is 11.3 Å². The maximum absolute atomic E-state index is 12.4. The molecule has 11 heteroatoms. The summed E-state index contributed by atoms with van der Waals surface area (Å²) in [6, 6.07) is 2.17. The second-order valence-electron chi connectivity index (χ2n) is 8.87. The molecule has 1 aliphatic heterocycles. The molecule has 166 valence electrons. The average molecular weight is 446 g/mol. The molecule has 0 radical (unpaired) electrons. The van der Waals surface area contributed by atoms with Crippen LogP contribution in [0.15, 0.2) is 18.6 Å². The van der Waals surface area contributed by atoms with Gasteiger partial charge < -0.3 is 10.4 Å². The fourth-order valence-corrected chi connectivity index (χ4v) is 5.61. The highest BCUT2D eigenvalue weighted by atomic mass is 32.2. The first-order valence-corrected chi connectivity index (χ1v) is 11.9. The van der Waals surface area contributed by atoms with E-state index in [4.69, 9.17) is 0 Å². The molecule has 1 saturated carbocycles. The first-order chi connectivity index (χ1) is 14.7. The number of nitriles is 1. The normalized spacial score (nSPS) is 18.6. The molecule has 2 N–H and O–H groups in total. The number of hydrogen-bond donors (Lipinski definition) is 2. The van der Waals surface area contributed by atoms with Crippen LogP contribution in [0.4, 0.5) is 5.95 Å². The number of aliphatic hydroxyl groups is 1. The Hall–Kier alpha value is -2.55. The number of piperidine rings is 1. The van der Waals surface area contributed by atoms with Gasteiger partial charge in [-0.25, -0.2) is 22.7 Å². The summed E-state index contributed by atoms with van der Waals surface area (Å²) in [5.41, 5.74) is 0.549. The lowest BCUT2D eigenvalue weighted by atomic mass is 10.1. The Morgan fingerprint density at radius 1 is 1.26 bits per heavy atom. The highest BCUT2D eigenvalue weighted by Crippen LogP contribution is 2.32. The second-order valence-corrected chi connectivity index (χ2v) is 11.1. The van der Waals surface area contributed by atoms with Crippen molar-refractivity contribution in [2.45, 2.75) is 63.0 Å². The fourth-order valence-electron chi connectivity index (χ4n) is 3.74. The van der Waals surface area contributed by atoms with Gasteiger partial charge in [0, 0.05) is 30.9 Å². The van der Waals surface area contributed by atoms with Crippen molar-refractivity contribution in [3.63, 3.8) is 0 Å².